The molecule has 0 saturated carbocycles. The highest BCUT2D eigenvalue weighted by Gasteiger charge is 2.27. The van der Waals surface area contributed by atoms with Crippen LogP contribution >= 0.6 is 7.60 Å². The van der Waals surface area contributed by atoms with E-state index in [-0.39, 0.29) is 4.90 Å². The van der Waals surface area contributed by atoms with Crippen molar-refractivity contribution in [2.24, 2.45) is 5.73 Å². The monoisotopic (exact) mass is 265 g/mol. The fourth-order valence-electron chi connectivity index (χ4n) is 0.932. The van der Waals surface area contributed by atoms with Gasteiger partial charge in [-0.05, 0) is 19.1 Å². The molecule has 0 spiro atoms. The predicted molar refractivity (Wildman–Crippen MR) is 58.3 cm³/mol. The predicted octanol–water partition coefficient (Wildman–Crippen LogP) is 0.802. The standard InChI is InChI=1S/C8H12NO5PS/c1-7-2-4-8(5-3-7)16(12,13)14-15(10,11)6-9/h2-5H,6,9H2,1H3,(H,10,11). The highest BCUT2D eigenvalue weighted by molar-refractivity contribution is 7.91. The Morgan fingerprint density at radius 2 is 1.88 bits per heavy atom. The molecule has 0 heterocycles. The second-order valence-corrected chi connectivity index (χ2v) is 6.78. The van der Waals surface area contributed by atoms with Crippen LogP contribution in [0.1, 0.15) is 5.56 Å². The minimum atomic E-state index is -4.28. The number of benzene rings is 1. The Morgan fingerprint density at radius 1 is 1.38 bits per heavy atom. The minimum absolute atomic E-state index is 0.180. The molecule has 0 aliphatic heterocycles. The van der Waals surface area contributed by atoms with Gasteiger partial charge in [0.25, 0.3) is 0 Å². The first kappa shape index (κ1) is 13.3. The van der Waals surface area contributed by atoms with Crippen molar-refractivity contribution in [1.29, 1.82) is 0 Å². The molecule has 3 N–H and O–H groups in total. The van der Waals surface area contributed by atoms with Crippen LogP contribution in [0, 0.1) is 6.92 Å². The smallest absolute Gasteiger partial charge is 0.323 e. The Morgan fingerprint density at radius 3 is 2.31 bits per heavy atom. The summed E-state index contributed by atoms with van der Waals surface area (Å²) in [5.41, 5.74) is 5.78. The highest BCUT2D eigenvalue weighted by atomic mass is 32.2. The van der Waals surface area contributed by atoms with Gasteiger partial charge in [0.1, 0.15) is 0 Å². The molecule has 8 heteroatoms. The Hall–Kier alpha value is -0.720. The fourth-order valence-corrected chi connectivity index (χ4v) is 3.22. The number of hydrogen-bond donors (Lipinski definition) is 2. The van der Waals surface area contributed by atoms with Gasteiger partial charge in [-0.2, -0.15) is 12.4 Å². The lowest BCUT2D eigenvalue weighted by Crippen LogP contribution is -2.10. The van der Waals surface area contributed by atoms with Crippen molar-refractivity contribution < 1.29 is 21.8 Å². The van der Waals surface area contributed by atoms with E-state index in [0.29, 0.717) is 0 Å². The zero-order chi connectivity index (χ0) is 12.4. The van der Waals surface area contributed by atoms with Crippen molar-refractivity contribution >= 4 is 17.7 Å². The molecule has 1 rings (SSSR count). The average molecular weight is 265 g/mol. The van der Waals surface area contributed by atoms with Gasteiger partial charge in [-0.1, -0.05) is 17.7 Å². The lowest BCUT2D eigenvalue weighted by atomic mass is 10.2. The van der Waals surface area contributed by atoms with Crippen molar-refractivity contribution in [3.8, 4) is 0 Å². The Kier molecular flexibility index (Phi) is 3.88. The molecule has 0 amide bonds. The van der Waals surface area contributed by atoms with E-state index in [9.17, 15) is 13.0 Å². The summed E-state index contributed by atoms with van der Waals surface area (Å²) >= 11 is 0. The molecule has 1 aromatic rings. The lowest BCUT2D eigenvalue weighted by Gasteiger charge is -2.09. The van der Waals surface area contributed by atoms with E-state index in [1.165, 1.54) is 12.1 Å². The van der Waals surface area contributed by atoms with Crippen LogP contribution in [-0.2, 0) is 18.7 Å². The Balaban J connectivity index is 3.04. The summed E-state index contributed by atoms with van der Waals surface area (Å²) in [5, 5.41) is 0. The van der Waals surface area contributed by atoms with E-state index in [1.54, 1.807) is 19.1 Å². The Labute approximate surface area is 93.7 Å². The maximum absolute atomic E-state index is 11.5. The van der Waals surface area contributed by atoms with E-state index in [4.69, 9.17) is 10.6 Å². The van der Waals surface area contributed by atoms with Crippen molar-refractivity contribution in [3.05, 3.63) is 29.8 Å². The average Bonchev–Trinajstić information content (AvgIpc) is 2.17. The summed E-state index contributed by atoms with van der Waals surface area (Å²) in [6.45, 7) is 1.79. The van der Waals surface area contributed by atoms with Gasteiger partial charge in [-0.25, -0.2) is 0 Å². The summed E-state index contributed by atoms with van der Waals surface area (Å²) in [5.74, 6) is 0. The molecule has 6 nitrogen and oxygen atoms in total. The van der Waals surface area contributed by atoms with Crippen LogP contribution in [0.4, 0.5) is 0 Å². The molecule has 0 bridgehead atoms. The molecule has 0 aliphatic rings. The van der Waals surface area contributed by atoms with Crippen LogP contribution in [0.25, 0.3) is 0 Å². The number of rotatable bonds is 4. The minimum Gasteiger partial charge on any atom is -0.323 e. The molecular formula is C8H12NO5PS. The van der Waals surface area contributed by atoms with Crippen LogP contribution in [0.3, 0.4) is 0 Å². The summed E-state index contributed by atoms with van der Waals surface area (Å²) < 4.78 is 38.2. The van der Waals surface area contributed by atoms with E-state index >= 15 is 0 Å². The summed E-state index contributed by atoms with van der Waals surface area (Å²) in [7, 11) is -8.52. The number of hydrogen-bond acceptors (Lipinski definition) is 5. The first-order valence-corrected chi connectivity index (χ1v) is 7.49. The Bertz CT molecular complexity index is 510. The molecule has 1 aromatic carbocycles. The summed E-state index contributed by atoms with van der Waals surface area (Å²) in [6.07, 6.45) is -0.752. The van der Waals surface area contributed by atoms with Crippen molar-refractivity contribution in [1.82, 2.24) is 0 Å². The van der Waals surface area contributed by atoms with Crippen LogP contribution in [0.5, 0.6) is 0 Å². The quantitative estimate of drug-likeness (QED) is 0.780. The third-order valence-corrected chi connectivity index (χ3v) is 4.78. The van der Waals surface area contributed by atoms with Crippen LogP contribution in [0.2, 0.25) is 0 Å². The molecule has 1 unspecified atom stereocenters. The van der Waals surface area contributed by atoms with Crippen molar-refractivity contribution in [2.75, 3.05) is 6.29 Å². The van der Waals surface area contributed by atoms with E-state index in [2.05, 4.69) is 3.97 Å². The zero-order valence-electron chi connectivity index (χ0n) is 8.53. The maximum Gasteiger partial charge on any atom is 0.356 e. The SMILES string of the molecule is Cc1ccc(S(=O)(=O)OP(=O)(O)CN)cc1. The van der Waals surface area contributed by atoms with Crippen LogP contribution in [-0.4, -0.2) is 19.6 Å². The van der Waals surface area contributed by atoms with Gasteiger partial charge in [0.15, 0.2) is 0 Å². The molecule has 90 valence electrons. The number of nitrogens with two attached hydrogens (primary N) is 1. The van der Waals surface area contributed by atoms with Gasteiger partial charge in [0, 0.05) is 0 Å². The molecule has 0 fully saturated rings. The third-order valence-electron chi connectivity index (χ3n) is 1.75. The lowest BCUT2D eigenvalue weighted by molar-refractivity contribution is 0.377. The number of aryl methyl sites for hydroxylation is 1. The molecule has 0 radical (unpaired) electrons. The fraction of sp³-hybridized carbons (Fsp3) is 0.250. The molecule has 1 atom stereocenters. The van der Waals surface area contributed by atoms with E-state index in [0.717, 1.165) is 5.56 Å². The topological polar surface area (TPSA) is 107 Å². The molecule has 0 aromatic heterocycles. The van der Waals surface area contributed by atoms with Gasteiger partial charge in [0.05, 0.1) is 11.2 Å². The zero-order valence-corrected chi connectivity index (χ0v) is 10.2. The first-order chi connectivity index (χ1) is 7.27. The third kappa shape index (κ3) is 3.40. The van der Waals surface area contributed by atoms with Gasteiger partial charge < -0.3 is 10.6 Å². The normalized spacial score (nSPS) is 15.7. The van der Waals surface area contributed by atoms with E-state index < -0.39 is 24.0 Å². The van der Waals surface area contributed by atoms with Crippen molar-refractivity contribution in [3.63, 3.8) is 0 Å². The first-order valence-electron chi connectivity index (χ1n) is 4.32. The second-order valence-electron chi connectivity index (χ2n) is 3.16. The summed E-state index contributed by atoms with van der Waals surface area (Å²) in [6, 6.07) is 5.70. The maximum atomic E-state index is 11.5. The summed E-state index contributed by atoms with van der Waals surface area (Å²) in [4.78, 5) is 8.82. The van der Waals surface area contributed by atoms with Gasteiger partial charge in [-0.3, -0.25) is 4.57 Å². The second kappa shape index (κ2) is 4.65. The molecule has 0 saturated heterocycles. The van der Waals surface area contributed by atoms with E-state index in [1.807, 2.05) is 0 Å². The van der Waals surface area contributed by atoms with Gasteiger partial charge in [0.2, 0.25) is 0 Å². The largest absolute Gasteiger partial charge is 0.356 e. The molecule has 0 aliphatic carbocycles. The molecular weight excluding hydrogens is 253 g/mol. The van der Waals surface area contributed by atoms with Gasteiger partial charge >= 0.3 is 17.7 Å². The van der Waals surface area contributed by atoms with Crippen LogP contribution in [0.15, 0.2) is 29.2 Å². The highest BCUT2D eigenvalue weighted by Crippen LogP contribution is 2.43. The van der Waals surface area contributed by atoms with Gasteiger partial charge in [-0.15, -0.1) is 0 Å². The van der Waals surface area contributed by atoms with Crippen LogP contribution < -0.4 is 5.73 Å². The van der Waals surface area contributed by atoms with Crippen molar-refractivity contribution in [2.45, 2.75) is 11.8 Å². The molecule has 16 heavy (non-hydrogen) atoms.